The van der Waals surface area contributed by atoms with Gasteiger partial charge in [-0.2, -0.15) is 0 Å². The second-order valence-corrected chi connectivity index (χ2v) is 8.71. The molecule has 2 amide bonds. The fourth-order valence-electron chi connectivity index (χ4n) is 3.07. The molecule has 1 heterocycles. The normalized spacial score (nSPS) is 22.0. The SMILES string of the molecule is CC1CC1c1ccc(CN(C(=O)CN(C)C(=O)OC(C)(C)C)C2CC2)o1. The Kier molecular flexibility index (Phi) is 5.04. The third kappa shape index (κ3) is 4.80. The van der Waals surface area contributed by atoms with Crippen LogP contribution in [-0.4, -0.2) is 47.0 Å². The van der Waals surface area contributed by atoms with E-state index in [-0.39, 0.29) is 18.5 Å². The Morgan fingerprint density at radius 2 is 1.92 bits per heavy atom. The summed E-state index contributed by atoms with van der Waals surface area (Å²) >= 11 is 0. The molecule has 2 unspecified atom stereocenters. The highest BCUT2D eigenvalue weighted by Crippen LogP contribution is 2.47. The Hall–Kier alpha value is -1.98. The van der Waals surface area contributed by atoms with E-state index in [1.54, 1.807) is 7.05 Å². The molecule has 0 saturated heterocycles. The standard InChI is InChI=1S/C20H30N2O4/c1-13-10-16(13)17-9-8-15(25-17)11-22(14-6-7-14)18(23)12-21(5)19(24)26-20(2,3)4/h8-9,13-14,16H,6-7,10-12H2,1-5H3. The van der Waals surface area contributed by atoms with Gasteiger partial charge >= 0.3 is 6.09 Å². The Labute approximate surface area is 155 Å². The number of ether oxygens (including phenoxy) is 1. The van der Waals surface area contributed by atoms with Crippen molar-refractivity contribution in [3.63, 3.8) is 0 Å². The Bertz CT molecular complexity index is 672. The number of carbonyl (C=O) groups excluding carboxylic acids is 2. The van der Waals surface area contributed by atoms with Gasteiger partial charge in [0.15, 0.2) is 0 Å². The summed E-state index contributed by atoms with van der Waals surface area (Å²) in [5.74, 6) is 3.00. The molecule has 2 aliphatic rings. The highest BCUT2D eigenvalue weighted by Gasteiger charge is 2.38. The van der Waals surface area contributed by atoms with Crippen molar-refractivity contribution in [3.05, 3.63) is 23.7 Å². The van der Waals surface area contributed by atoms with Gasteiger partial charge in [-0.3, -0.25) is 4.79 Å². The van der Waals surface area contributed by atoms with E-state index in [1.807, 2.05) is 37.8 Å². The molecule has 6 heteroatoms. The molecule has 3 rings (SSSR count). The van der Waals surface area contributed by atoms with Gasteiger partial charge in [0.2, 0.25) is 5.91 Å². The first-order chi connectivity index (χ1) is 12.1. The van der Waals surface area contributed by atoms with E-state index >= 15 is 0 Å². The Morgan fingerprint density at radius 3 is 2.46 bits per heavy atom. The molecule has 26 heavy (non-hydrogen) atoms. The minimum Gasteiger partial charge on any atom is -0.464 e. The monoisotopic (exact) mass is 362 g/mol. The highest BCUT2D eigenvalue weighted by atomic mass is 16.6. The maximum absolute atomic E-state index is 12.7. The molecule has 2 saturated carbocycles. The molecule has 0 aromatic carbocycles. The molecule has 0 N–H and O–H groups in total. The quantitative estimate of drug-likeness (QED) is 0.773. The summed E-state index contributed by atoms with van der Waals surface area (Å²) in [5, 5.41) is 0. The number of hydrogen-bond acceptors (Lipinski definition) is 4. The van der Waals surface area contributed by atoms with Gasteiger partial charge in [-0.1, -0.05) is 6.92 Å². The number of amides is 2. The predicted octanol–water partition coefficient (Wildman–Crippen LogP) is 3.76. The van der Waals surface area contributed by atoms with Crippen LogP contribution in [0.2, 0.25) is 0 Å². The highest BCUT2D eigenvalue weighted by molar-refractivity contribution is 5.82. The Balaban J connectivity index is 1.58. The second kappa shape index (κ2) is 6.97. The molecule has 0 spiro atoms. The van der Waals surface area contributed by atoms with Crippen molar-refractivity contribution >= 4 is 12.0 Å². The van der Waals surface area contributed by atoms with E-state index in [0.29, 0.717) is 18.4 Å². The predicted molar refractivity (Wildman–Crippen MR) is 97.7 cm³/mol. The van der Waals surface area contributed by atoms with Crippen LogP contribution in [0.4, 0.5) is 4.79 Å². The summed E-state index contributed by atoms with van der Waals surface area (Å²) < 4.78 is 11.3. The molecule has 0 radical (unpaired) electrons. The number of furan rings is 1. The zero-order chi connectivity index (χ0) is 19.1. The number of hydrogen-bond donors (Lipinski definition) is 0. The minimum atomic E-state index is -0.574. The average molecular weight is 362 g/mol. The van der Waals surface area contributed by atoms with E-state index in [9.17, 15) is 9.59 Å². The van der Waals surface area contributed by atoms with Gasteiger partial charge in [-0.15, -0.1) is 0 Å². The van der Waals surface area contributed by atoms with Crippen LogP contribution in [0.1, 0.15) is 64.4 Å². The van der Waals surface area contributed by atoms with Gasteiger partial charge in [0.25, 0.3) is 0 Å². The van der Waals surface area contributed by atoms with Crippen molar-refractivity contribution in [1.82, 2.24) is 9.80 Å². The third-order valence-corrected chi connectivity index (χ3v) is 4.87. The van der Waals surface area contributed by atoms with Crippen molar-refractivity contribution in [2.45, 2.75) is 71.1 Å². The van der Waals surface area contributed by atoms with Crippen LogP contribution in [0.25, 0.3) is 0 Å². The van der Waals surface area contributed by atoms with Crippen molar-refractivity contribution in [2.24, 2.45) is 5.92 Å². The van der Waals surface area contributed by atoms with Crippen LogP contribution in [0.5, 0.6) is 0 Å². The van der Waals surface area contributed by atoms with Crippen molar-refractivity contribution in [3.8, 4) is 0 Å². The van der Waals surface area contributed by atoms with Gasteiger partial charge < -0.3 is 19.0 Å². The van der Waals surface area contributed by atoms with Gasteiger partial charge in [0.1, 0.15) is 23.7 Å². The molecule has 2 fully saturated rings. The lowest BCUT2D eigenvalue weighted by molar-refractivity contribution is -0.133. The first-order valence-electron chi connectivity index (χ1n) is 9.46. The molecule has 2 aliphatic carbocycles. The van der Waals surface area contributed by atoms with Crippen LogP contribution in [0.15, 0.2) is 16.5 Å². The summed E-state index contributed by atoms with van der Waals surface area (Å²) in [7, 11) is 1.59. The van der Waals surface area contributed by atoms with E-state index in [4.69, 9.17) is 9.15 Å². The van der Waals surface area contributed by atoms with E-state index in [2.05, 4.69) is 6.92 Å². The molecular formula is C20H30N2O4. The topological polar surface area (TPSA) is 63.0 Å². The molecule has 1 aromatic heterocycles. The second-order valence-electron chi connectivity index (χ2n) is 8.71. The first kappa shape index (κ1) is 18.8. The Morgan fingerprint density at radius 1 is 1.27 bits per heavy atom. The summed E-state index contributed by atoms with van der Waals surface area (Å²) in [6, 6.07) is 4.26. The lowest BCUT2D eigenvalue weighted by atomic mass is 10.2. The average Bonchev–Trinajstić information content (AvgIpc) is 3.44. The minimum absolute atomic E-state index is 0.0125. The van der Waals surface area contributed by atoms with E-state index < -0.39 is 11.7 Å². The number of nitrogens with zero attached hydrogens (tertiary/aromatic N) is 2. The molecule has 0 bridgehead atoms. The zero-order valence-electron chi connectivity index (χ0n) is 16.4. The van der Waals surface area contributed by atoms with E-state index in [1.165, 1.54) is 11.3 Å². The number of carbonyl (C=O) groups is 2. The van der Waals surface area contributed by atoms with Crippen LogP contribution in [0.3, 0.4) is 0 Å². The zero-order valence-corrected chi connectivity index (χ0v) is 16.4. The van der Waals surface area contributed by atoms with Crippen LogP contribution < -0.4 is 0 Å². The molecule has 2 atom stereocenters. The smallest absolute Gasteiger partial charge is 0.410 e. The van der Waals surface area contributed by atoms with Crippen molar-refractivity contribution in [1.29, 1.82) is 0 Å². The van der Waals surface area contributed by atoms with Crippen LogP contribution in [0, 0.1) is 5.92 Å². The fourth-order valence-corrected chi connectivity index (χ4v) is 3.07. The maximum atomic E-state index is 12.7. The lowest BCUT2D eigenvalue weighted by Crippen LogP contribution is -2.43. The molecule has 0 aliphatic heterocycles. The van der Waals surface area contributed by atoms with Crippen molar-refractivity contribution in [2.75, 3.05) is 13.6 Å². The van der Waals surface area contributed by atoms with E-state index in [0.717, 1.165) is 24.4 Å². The van der Waals surface area contributed by atoms with Gasteiger partial charge in [0, 0.05) is 19.0 Å². The first-order valence-corrected chi connectivity index (χ1v) is 9.46. The summed E-state index contributed by atoms with van der Waals surface area (Å²) in [6.45, 7) is 8.13. The van der Waals surface area contributed by atoms with Gasteiger partial charge in [-0.25, -0.2) is 4.79 Å². The number of rotatable bonds is 6. The number of likely N-dealkylation sites (N-methyl/N-ethyl adjacent to an activating group) is 1. The molecular weight excluding hydrogens is 332 g/mol. The summed E-state index contributed by atoms with van der Waals surface area (Å²) in [6.07, 6.45) is 2.72. The lowest BCUT2D eigenvalue weighted by Gasteiger charge is -2.27. The van der Waals surface area contributed by atoms with Gasteiger partial charge in [0.05, 0.1) is 6.54 Å². The largest absolute Gasteiger partial charge is 0.464 e. The maximum Gasteiger partial charge on any atom is 0.410 e. The molecule has 6 nitrogen and oxygen atoms in total. The fraction of sp³-hybridized carbons (Fsp3) is 0.700. The summed E-state index contributed by atoms with van der Waals surface area (Å²) in [4.78, 5) is 28.0. The molecule has 144 valence electrons. The van der Waals surface area contributed by atoms with Crippen molar-refractivity contribution < 1.29 is 18.7 Å². The third-order valence-electron chi connectivity index (χ3n) is 4.87. The van der Waals surface area contributed by atoms with Crippen LogP contribution >= 0.6 is 0 Å². The van der Waals surface area contributed by atoms with Crippen LogP contribution in [-0.2, 0) is 16.1 Å². The summed E-state index contributed by atoms with van der Waals surface area (Å²) in [5.41, 5.74) is -0.574. The molecule has 1 aromatic rings. The van der Waals surface area contributed by atoms with Gasteiger partial charge in [-0.05, 0) is 58.1 Å².